The fourth-order valence-corrected chi connectivity index (χ4v) is 2.50. The molecule has 0 bridgehead atoms. The van der Waals surface area contributed by atoms with Crippen LogP contribution in [0.15, 0.2) is 0 Å². The molecule has 0 spiro atoms. The van der Waals surface area contributed by atoms with Crippen LogP contribution in [0.5, 0.6) is 0 Å². The van der Waals surface area contributed by atoms with Gasteiger partial charge in [-0.3, -0.25) is 4.90 Å². The average molecular weight is 302 g/mol. The van der Waals surface area contributed by atoms with Gasteiger partial charge in [-0.1, -0.05) is 0 Å². The maximum absolute atomic E-state index is 5.47. The van der Waals surface area contributed by atoms with E-state index in [-0.39, 0.29) is 0 Å². The second-order valence-electron chi connectivity index (χ2n) is 6.02. The molecule has 0 aromatic heterocycles. The highest BCUT2D eigenvalue weighted by Gasteiger charge is 2.18. The molecule has 0 unspecified atom stereocenters. The number of hydrogen-bond donors (Lipinski definition) is 1. The predicted molar refractivity (Wildman–Crippen MR) is 90.3 cm³/mol. The Bertz CT molecular complexity index is 275. The molecule has 5 nitrogen and oxygen atoms in total. The Balaban J connectivity index is 2.12. The van der Waals surface area contributed by atoms with E-state index in [4.69, 9.17) is 12.2 Å². The molecule has 1 fully saturated rings. The lowest BCUT2D eigenvalue weighted by Gasteiger charge is -2.36. The van der Waals surface area contributed by atoms with E-state index in [0.717, 1.165) is 63.9 Å². The fraction of sp³-hybridized carbons (Fsp3) is 0.929. The van der Waals surface area contributed by atoms with Crippen molar-refractivity contribution in [3.8, 4) is 0 Å². The molecule has 6 heteroatoms. The maximum atomic E-state index is 5.47. The van der Waals surface area contributed by atoms with Crippen LogP contribution in [0.4, 0.5) is 0 Å². The summed E-state index contributed by atoms with van der Waals surface area (Å²) in [4.78, 5) is 9.26. The molecule has 1 saturated heterocycles. The maximum Gasteiger partial charge on any atom is 0.169 e. The first kappa shape index (κ1) is 17.6. The van der Waals surface area contributed by atoms with Gasteiger partial charge in [0.2, 0.25) is 0 Å². The van der Waals surface area contributed by atoms with Crippen LogP contribution in [-0.2, 0) is 0 Å². The third-order valence-corrected chi connectivity index (χ3v) is 3.98. The van der Waals surface area contributed by atoms with Gasteiger partial charge in [-0.05, 0) is 53.4 Å². The molecule has 1 aliphatic heterocycles. The molecule has 1 aliphatic rings. The molecular formula is C14H31N5S. The van der Waals surface area contributed by atoms with Crippen molar-refractivity contribution in [3.05, 3.63) is 0 Å². The lowest BCUT2D eigenvalue weighted by molar-refractivity contribution is 0.168. The summed E-state index contributed by atoms with van der Waals surface area (Å²) >= 11 is 5.47. The van der Waals surface area contributed by atoms with Gasteiger partial charge in [0, 0.05) is 45.8 Å². The molecule has 0 saturated carbocycles. The molecule has 1 rings (SSSR count). The standard InChI is InChI=1S/C14H31N5S/c1-16(2)7-5-6-15-14(20)19-12-10-18(11-13-19)9-8-17(3)4/h5-13H2,1-4H3,(H,15,20). The number of rotatable bonds is 7. The molecule has 0 aromatic carbocycles. The van der Waals surface area contributed by atoms with Crippen molar-refractivity contribution in [2.24, 2.45) is 0 Å². The van der Waals surface area contributed by atoms with Gasteiger partial charge in [0.25, 0.3) is 0 Å². The van der Waals surface area contributed by atoms with Crippen molar-refractivity contribution < 1.29 is 0 Å². The topological polar surface area (TPSA) is 25.0 Å². The molecule has 118 valence electrons. The summed E-state index contributed by atoms with van der Waals surface area (Å²) in [7, 11) is 8.46. The largest absolute Gasteiger partial charge is 0.363 e. The van der Waals surface area contributed by atoms with E-state index in [1.165, 1.54) is 0 Å². The van der Waals surface area contributed by atoms with E-state index in [2.05, 4.69) is 53.1 Å². The zero-order valence-corrected chi connectivity index (χ0v) is 14.4. The fourth-order valence-electron chi connectivity index (χ4n) is 2.22. The number of nitrogens with zero attached hydrogens (tertiary/aromatic N) is 4. The van der Waals surface area contributed by atoms with Crippen LogP contribution >= 0.6 is 12.2 Å². The smallest absolute Gasteiger partial charge is 0.169 e. The predicted octanol–water partition coefficient (Wildman–Crippen LogP) is -0.00820. The summed E-state index contributed by atoms with van der Waals surface area (Å²) in [5.74, 6) is 0. The Hall–Kier alpha value is -0.430. The zero-order valence-electron chi connectivity index (χ0n) is 13.6. The number of thiocarbonyl (C=S) groups is 1. The Labute approximate surface area is 129 Å². The summed E-state index contributed by atoms with van der Waals surface area (Å²) in [5.41, 5.74) is 0. The van der Waals surface area contributed by atoms with E-state index >= 15 is 0 Å². The van der Waals surface area contributed by atoms with Gasteiger partial charge in [-0.2, -0.15) is 0 Å². The molecule has 1 N–H and O–H groups in total. The van der Waals surface area contributed by atoms with Gasteiger partial charge in [0.15, 0.2) is 5.11 Å². The minimum Gasteiger partial charge on any atom is -0.363 e. The van der Waals surface area contributed by atoms with Gasteiger partial charge < -0.3 is 20.0 Å². The summed E-state index contributed by atoms with van der Waals surface area (Å²) < 4.78 is 0. The van der Waals surface area contributed by atoms with Gasteiger partial charge >= 0.3 is 0 Å². The van der Waals surface area contributed by atoms with Crippen molar-refractivity contribution in [1.29, 1.82) is 0 Å². The summed E-state index contributed by atoms with van der Waals surface area (Å²) in [6.45, 7) is 8.70. The Kier molecular flexibility index (Phi) is 8.37. The molecule has 0 atom stereocenters. The molecule has 20 heavy (non-hydrogen) atoms. The molecule has 0 aromatic rings. The summed E-state index contributed by atoms with van der Waals surface area (Å²) in [5, 5.41) is 4.30. The average Bonchev–Trinajstić information content (AvgIpc) is 2.41. The zero-order chi connectivity index (χ0) is 15.0. The third-order valence-electron chi connectivity index (χ3n) is 3.58. The molecule has 1 heterocycles. The molecule has 0 radical (unpaired) electrons. The summed E-state index contributed by atoms with van der Waals surface area (Å²) in [6, 6.07) is 0. The van der Waals surface area contributed by atoms with Crippen LogP contribution in [0.3, 0.4) is 0 Å². The highest BCUT2D eigenvalue weighted by molar-refractivity contribution is 7.80. The van der Waals surface area contributed by atoms with Gasteiger partial charge in [0.05, 0.1) is 0 Å². The molecular weight excluding hydrogens is 270 g/mol. The first-order valence-electron chi connectivity index (χ1n) is 7.53. The van der Waals surface area contributed by atoms with Crippen LogP contribution in [0, 0.1) is 0 Å². The van der Waals surface area contributed by atoms with Crippen LogP contribution in [0.25, 0.3) is 0 Å². The van der Waals surface area contributed by atoms with Crippen LogP contribution < -0.4 is 5.32 Å². The van der Waals surface area contributed by atoms with Crippen LogP contribution in [0.1, 0.15) is 6.42 Å². The van der Waals surface area contributed by atoms with Crippen LogP contribution in [-0.4, -0.2) is 105 Å². The van der Waals surface area contributed by atoms with Crippen molar-refractivity contribution >= 4 is 17.3 Å². The number of likely N-dealkylation sites (N-methyl/N-ethyl adjacent to an activating group) is 1. The summed E-state index contributed by atoms with van der Waals surface area (Å²) in [6.07, 6.45) is 1.13. The molecule has 0 aliphatic carbocycles. The second-order valence-corrected chi connectivity index (χ2v) is 6.41. The lowest BCUT2D eigenvalue weighted by atomic mass is 10.3. The van der Waals surface area contributed by atoms with E-state index in [9.17, 15) is 0 Å². The lowest BCUT2D eigenvalue weighted by Crippen LogP contribution is -2.52. The monoisotopic (exact) mass is 301 g/mol. The van der Waals surface area contributed by atoms with Crippen molar-refractivity contribution in [1.82, 2.24) is 24.9 Å². The quantitative estimate of drug-likeness (QED) is 0.525. The van der Waals surface area contributed by atoms with Crippen LogP contribution in [0.2, 0.25) is 0 Å². The number of piperazine rings is 1. The van der Waals surface area contributed by atoms with E-state index in [1.54, 1.807) is 0 Å². The Morgan fingerprint density at radius 2 is 1.60 bits per heavy atom. The van der Waals surface area contributed by atoms with Gasteiger partial charge in [-0.15, -0.1) is 0 Å². The minimum absolute atomic E-state index is 0.927. The van der Waals surface area contributed by atoms with E-state index in [1.807, 2.05) is 0 Å². The second kappa shape index (κ2) is 9.50. The van der Waals surface area contributed by atoms with Crippen molar-refractivity contribution in [2.75, 3.05) is 80.5 Å². The number of hydrogen-bond acceptors (Lipinski definition) is 4. The number of nitrogens with one attached hydrogen (secondary N) is 1. The first-order chi connectivity index (χ1) is 9.49. The van der Waals surface area contributed by atoms with Gasteiger partial charge in [-0.25, -0.2) is 0 Å². The highest BCUT2D eigenvalue weighted by Crippen LogP contribution is 2.02. The molecule has 0 amide bonds. The Morgan fingerprint density at radius 3 is 2.15 bits per heavy atom. The van der Waals surface area contributed by atoms with E-state index in [0.29, 0.717) is 0 Å². The van der Waals surface area contributed by atoms with Crippen molar-refractivity contribution in [2.45, 2.75) is 6.42 Å². The normalized spacial score (nSPS) is 17.0. The first-order valence-corrected chi connectivity index (χ1v) is 7.94. The third kappa shape index (κ3) is 7.38. The highest BCUT2D eigenvalue weighted by atomic mass is 32.1. The van der Waals surface area contributed by atoms with Gasteiger partial charge in [0.1, 0.15) is 0 Å². The Morgan fingerprint density at radius 1 is 1.00 bits per heavy atom. The van der Waals surface area contributed by atoms with E-state index < -0.39 is 0 Å². The minimum atomic E-state index is 0.927. The SMILES string of the molecule is CN(C)CCCNC(=S)N1CCN(CCN(C)C)CC1. The van der Waals surface area contributed by atoms with Crippen molar-refractivity contribution in [3.63, 3.8) is 0 Å².